The molecule has 5 nitrogen and oxygen atoms in total. The number of rotatable bonds is 3. The van der Waals surface area contributed by atoms with Crippen molar-refractivity contribution < 1.29 is 4.92 Å². The summed E-state index contributed by atoms with van der Waals surface area (Å²) in [6, 6.07) is 9.30. The molecule has 1 heterocycles. The summed E-state index contributed by atoms with van der Waals surface area (Å²) in [4.78, 5) is 9.97. The van der Waals surface area contributed by atoms with E-state index in [4.69, 9.17) is 0 Å². The zero-order valence-electron chi connectivity index (χ0n) is 8.83. The van der Waals surface area contributed by atoms with Gasteiger partial charge in [0.1, 0.15) is 0 Å². The van der Waals surface area contributed by atoms with E-state index in [1.807, 2.05) is 31.2 Å². The third-order valence-corrected chi connectivity index (χ3v) is 2.41. The van der Waals surface area contributed by atoms with E-state index in [0.29, 0.717) is 6.54 Å². The second-order valence-electron chi connectivity index (χ2n) is 3.56. The van der Waals surface area contributed by atoms with E-state index >= 15 is 0 Å². The molecule has 1 aromatic carbocycles. The Morgan fingerprint density at radius 3 is 2.75 bits per heavy atom. The molecule has 2 aromatic rings. The van der Waals surface area contributed by atoms with Crippen molar-refractivity contribution in [3.8, 4) is 0 Å². The number of benzene rings is 1. The Hall–Kier alpha value is -2.17. The summed E-state index contributed by atoms with van der Waals surface area (Å²) in [5.41, 5.74) is 2.26. The van der Waals surface area contributed by atoms with Crippen molar-refractivity contribution in [1.82, 2.24) is 9.78 Å². The van der Waals surface area contributed by atoms with Crippen molar-refractivity contribution in [2.45, 2.75) is 13.5 Å². The van der Waals surface area contributed by atoms with E-state index in [2.05, 4.69) is 5.10 Å². The van der Waals surface area contributed by atoms with Crippen LogP contribution in [0.3, 0.4) is 0 Å². The number of aromatic nitrogens is 2. The second-order valence-corrected chi connectivity index (χ2v) is 3.56. The van der Waals surface area contributed by atoms with Crippen LogP contribution in [0.4, 0.5) is 5.82 Å². The zero-order valence-corrected chi connectivity index (χ0v) is 8.83. The molecule has 0 saturated carbocycles. The van der Waals surface area contributed by atoms with Gasteiger partial charge >= 0.3 is 5.82 Å². The van der Waals surface area contributed by atoms with Crippen molar-refractivity contribution in [2.75, 3.05) is 0 Å². The molecule has 0 amide bonds. The van der Waals surface area contributed by atoms with Gasteiger partial charge in [-0.15, -0.1) is 0 Å². The van der Waals surface area contributed by atoms with Crippen LogP contribution in [0.1, 0.15) is 11.1 Å². The molecule has 0 fully saturated rings. The SMILES string of the molecule is Cc1ccccc1Cn1ccc([N+](=O)[O-])n1. The van der Waals surface area contributed by atoms with Crippen molar-refractivity contribution in [2.24, 2.45) is 0 Å². The van der Waals surface area contributed by atoms with Gasteiger partial charge in [-0.1, -0.05) is 24.3 Å². The summed E-state index contributed by atoms with van der Waals surface area (Å²) in [5, 5.41) is 14.3. The second kappa shape index (κ2) is 4.14. The largest absolute Gasteiger partial charge is 0.389 e. The molecule has 0 N–H and O–H groups in total. The van der Waals surface area contributed by atoms with Crippen LogP contribution in [0.5, 0.6) is 0 Å². The molecule has 16 heavy (non-hydrogen) atoms. The molecule has 2 rings (SSSR count). The first-order chi connectivity index (χ1) is 7.66. The fraction of sp³-hybridized carbons (Fsp3) is 0.182. The Morgan fingerprint density at radius 1 is 1.38 bits per heavy atom. The molecule has 0 unspecified atom stereocenters. The molecule has 0 aliphatic rings. The van der Waals surface area contributed by atoms with Crippen LogP contribution in [0.15, 0.2) is 36.5 Å². The van der Waals surface area contributed by atoms with Gasteiger partial charge in [0.15, 0.2) is 0 Å². The van der Waals surface area contributed by atoms with Crippen LogP contribution < -0.4 is 0 Å². The van der Waals surface area contributed by atoms with E-state index in [9.17, 15) is 10.1 Å². The van der Waals surface area contributed by atoms with Crippen molar-refractivity contribution in [3.63, 3.8) is 0 Å². The van der Waals surface area contributed by atoms with Gasteiger partial charge in [-0.05, 0) is 23.0 Å². The summed E-state index contributed by atoms with van der Waals surface area (Å²) in [7, 11) is 0. The maximum absolute atomic E-state index is 10.5. The van der Waals surface area contributed by atoms with Gasteiger partial charge in [0.2, 0.25) is 0 Å². The van der Waals surface area contributed by atoms with E-state index in [1.54, 1.807) is 10.9 Å². The highest BCUT2D eigenvalue weighted by Gasteiger charge is 2.11. The van der Waals surface area contributed by atoms with Gasteiger partial charge in [0, 0.05) is 0 Å². The van der Waals surface area contributed by atoms with Crippen LogP contribution in [0.25, 0.3) is 0 Å². The van der Waals surface area contributed by atoms with Crippen LogP contribution in [0.2, 0.25) is 0 Å². The lowest BCUT2D eigenvalue weighted by Gasteiger charge is -2.02. The highest BCUT2D eigenvalue weighted by atomic mass is 16.6. The number of aryl methyl sites for hydroxylation is 1. The Bertz CT molecular complexity index is 519. The molecule has 5 heteroatoms. The van der Waals surface area contributed by atoms with Crippen molar-refractivity contribution >= 4 is 5.82 Å². The van der Waals surface area contributed by atoms with Gasteiger partial charge in [-0.25, -0.2) is 0 Å². The number of hydrogen-bond acceptors (Lipinski definition) is 3. The van der Waals surface area contributed by atoms with Gasteiger partial charge in [-0.3, -0.25) is 0 Å². The Morgan fingerprint density at radius 2 is 2.12 bits per heavy atom. The monoisotopic (exact) mass is 217 g/mol. The molecule has 0 aliphatic carbocycles. The highest BCUT2D eigenvalue weighted by molar-refractivity contribution is 5.26. The van der Waals surface area contributed by atoms with Crippen LogP contribution in [0, 0.1) is 17.0 Å². The first-order valence-corrected chi connectivity index (χ1v) is 4.89. The van der Waals surface area contributed by atoms with Gasteiger partial charge in [0.25, 0.3) is 0 Å². The maximum Gasteiger partial charge on any atom is 0.389 e. The minimum atomic E-state index is -0.492. The average Bonchev–Trinajstić information content (AvgIpc) is 2.70. The first kappa shape index (κ1) is 10.4. The van der Waals surface area contributed by atoms with E-state index < -0.39 is 4.92 Å². The molecule has 0 bridgehead atoms. The predicted molar refractivity (Wildman–Crippen MR) is 59.2 cm³/mol. The minimum absolute atomic E-state index is 0.117. The van der Waals surface area contributed by atoms with Crippen LogP contribution >= 0.6 is 0 Å². The highest BCUT2D eigenvalue weighted by Crippen LogP contribution is 2.11. The molecule has 0 spiro atoms. The predicted octanol–water partition coefficient (Wildman–Crippen LogP) is 2.15. The molecule has 0 atom stereocenters. The topological polar surface area (TPSA) is 61.0 Å². The molecule has 82 valence electrons. The summed E-state index contributed by atoms with van der Waals surface area (Å²) >= 11 is 0. The van der Waals surface area contributed by atoms with Crippen molar-refractivity contribution in [1.29, 1.82) is 0 Å². The standard InChI is InChI=1S/C11H11N3O2/c1-9-4-2-3-5-10(9)8-13-7-6-11(12-13)14(15)16/h2-7H,8H2,1H3. The molecular weight excluding hydrogens is 206 g/mol. The fourth-order valence-electron chi connectivity index (χ4n) is 1.50. The van der Waals surface area contributed by atoms with Crippen LogP contribution in [-0.4, -0.2) is 14.7 Å². The summed E-state index contributed by atoms with van der Waals surface area (Å²) in [6.45, 7) is 2.56. The normalized spacial score (nSPS) is 10.3. The van der Waals surface area contributed by atoms with Crippen LogP contribution in [-0.2, 0) is 6.54 Å². The number of hydrogen-bond donors (Lipinski definition) is 0. The minimum Gasteiger partial charge on any atom is -0.358 e. The smallest absolute Gasteiger partial charge is 0.358 e. The van der Waals surface area contributed by atoms with Gasteiger partial charge in [-0.2, -0.15) is 4.68 Å². The Kier molecular flexibility index (Phi) is 2.68. The number of nitrogens with zero attached hydrogens (tertiary/aromatic N) is 3. The number of nitro groups is 1. The molecule has 0 aliphatic heterocycles. The lowest BCUT2D eigenvalue weighted by atomic mass is 10.1. The Labute approximate surface area is 92.5 Å². The third kappa shape index (κ3) is 2.08. The van der Waals surface area contributed by atoms with Gasteiger partial charge < -0.3 is 10.1 Å². The summed E-state index contributed by atoms with van der Waals surface area (Å²) in [6.07, 6.45) is 1.62. The Balaban J connectivity index is 2.21. The summed E-state index contributed by atoms with van der Waals surface area (Å²) in [5.74, 6) is -0.117. The molecular formula is C11H11N3O2. The fourth-order valence-corrected chi connectivity index (χ4v) is 1.50. The molecule has 0 saturated heterocycles. The lowest BCUT2D eigenvalue weighted by Crippen LogP contribution is -2.02. The third-order valence-electron chi connectivity index (χ3n) is 2.41. The van der Waals surface area contributed by atoms with Crippen molar-refractivity contribution in [3.05, 3.63) is 57.8 Å². The lowest BCUT2D eigenvalue weighted by molar-refractivity contribution is -0.389. The first-order valence-electron chi connectivity index (χ1n) is 4.89. The molecule has 0 radical (unpaired) electrons. The zero-order chi connectivity index (χ0) is 11.5. The van der Waals surface area contributed by atoms with Gasteiger partial charge in [0.05, 0.1) is 23.9 Å². The summed E-state index contributed by atoms with van der Waals surface area (Å²) < 4.78 is 1.57. The van der Waals surface area contributed by atoms with E-state index in [0.717, 1.165) is 11.1 Å². The maximum atomic E-state index is 10.5. The average molecular weight is 217 g/mol. The molecule has 1 aromatic heterocycles. The van der Waals surface area contributed by atoms with E-state index in [1.165, 1.54) is 6.07 Å². The quantitative estimate of drug-likeness (QED) is 0.584. The van der Waals surface area contributed by atoms with E-state index in [-0.39, 0.29) is 5.82 Å².